The molecule has 0 radical (unpaired) electrons. The summed E-state index contributed by atoms with van der Waals surface area (Å²) in [6.07, 6.45) is 2.32. The zero-order valence-corrected chi connectivity index (χ0v) is 14.3. The number of amides is 1. The molecular formula is C19H28N2O2. The highest BCUT2D eigenvalue weighted by Crippen LogP contribution is 2.33. The lowest BCUT2D eigenvalue weighted by molar-refractivity contribution is -0.159. The highest BCUT2D eigenvalue weighted by atomic mass is 16.5. The molecule has 0 bridgehead atoms. The van der Waals surface area contributed by atoms with E-state index in [9.17, 15) is 4.79 Å². The molecule has 2 heterocycles. The lowest BCUT2D eigenvalue weighted by Gasteiger charge is -2.46. The molecule has 0 aromatic heterocycles. The van der Waals surface area contributed by atoms with Crippen molar-refractivity contribution in [1.29, 1.82) is 0 Å². The molecule has 2 aliphatic rings. The third-order valence-corrected chi connectivity index (χ3v) is 5.20. The van der Waals surface area contributed by atoms with Gasteiger partial charge in [0, 0.05) is 19.6 Å². The Kier molecular flexibility index (Phi) is 5.02. The molecule has 126 valence electrons. The van der Waals surface area contributed by atoms with Crippen LogP contribution in [-0.4, -0.2) is 54.5 Å². The number of hydrogen-bond acceptors (Lipinski definition) is 3. The van der Waals surface area contributed by atoms with Gasteiger partial charge in [-0.05, 0) is 38.4 Å². The van der Waals surface area contributed by atoms with E-state index >= 15 is 0 Å². The van der Waals surface area contributed by atoms with Crippen molar-refractivity contribution in [2.45, 2.75) is 39.4 Å². The third kappa shape index (κ3) is 3.75. The lowest BCUT2D eigenvalue weighted by Crippen LogP contribution is -2.60. The Morgan fingerprint density at radius 3 is 2.74 bits per heavy atom. The number of piperidine rings is 1. The summed E-state index contributed by atoms with van der Waals surface area (Å²) >= 11 is 0. The minimum atomic E-state index is -0.210. The average Bonchev–Trinajstić information content (AvgIpc) is 2.54. The summed E-state index contributed by atoms with van der Waals surface area (Å²) < 4.78 is 5.90. The first-order valence-electron chi connectivity index (χ1n) is 8.78. The molecule has 2 aliphatic heterocycles. The fourth-order valence-corrected chi connectivity index (χ4v) is 3.67. The van der Waals surface area contributed by atoms with Crippen LogP contribution in [0.2, 0.25) is 0 Å². The molecule has 2 fully saturated rings. The van der Waals surface area contributed by atoms with Gasteiger partial charge in [-0.25, -0.2) is 0 Å². The van der Waals surface area contributed by atoms with Gasteiger partial charge in [-0.15, -0.1) is 0 Å². The maximum Gasteiger partial charge on any atom is 0.229 e. The molecule has 4 nitrogen and oxygen atoms in total. The fourth-order valence-electron chi connectivity index (χ4n) is 3.67. The fraction of sp³-hybridized carbons (Fsp3) is 0.632. The van der Waals surface area contributed by atoms with Gasteiger partial charge >= 0.3 is 0 Å². The highest BCUT2D eigenvalue weighted by Gasteiger charge is 2.43. The molecule has 23 heavy (non-hydrogen) atoms. The molecule has 3 rings (SSSR count). The highest BCUT2D eigenvalue weighted by molar-refractivity contribution is 5.83. The topological polar surface area (TPSA) is 32.8 Å². The van der Waals surface area contributed by atoms with Gasteiger partial charge < -0.3 is 14.5 Å². The molecule has 1 amide bonds. The van der Waals surface area contributed by atoms with Crippen LogP contribution >= 0.6 is 0 Å². The van der Waals surface area contributed by atoms with E-state index in [2.05, 4.69) is 30.9 Å². The van der Waals surface area contributed by atoms with Crippen LogP contribution in [0.25, 0.3) is 0 Å². The van der Waals surface area contributed by atoms with Crippen molar-refractivity contribution in [3.8, 4) is 0 Å². The normalized spacial score (nSPS) is 26.1. The molecule has 2 saturated heterocycles. The summed E-state index contributed by atoms with van der Waals surface area (Å²) in [7, 11) is 0. The van der Waals surface area contributed by atoms with Crippen molar-refractivity contribution in [3.05, 3.63) is 35.9 Å². The van der Waals surface area contributed by atoms with Crippen molar-refractivity contribution in [3.63, 3.8) is 0 Å². The summed E-state index contributed by atoms with van der Waals surface area (Å²) in [6.45, 7) is 9.49. The molecule has 0 N–H and O–H groups in total. The first kappa shape index (κ1) is 16.5. The van der Waals surface area contributed by atoms with Gasteiger partial charge in [0.15, 0.2) is 0 Å². The van der Waals surface area contributed by atoms with Crippen molar-refractivity contribution in [2.24, 2.45) is 5.41 Å². The number of rotatable bonds is 5. The number of carbonyl (C=O) groups excluding carboxylic acids is 1. The minimum Gasteiger partial charge on any atom is -0.370 e. The Hall–Kier alpha value is -1.39. The molecule has 1 aromatic rings. The molecule has 0 aliphatic carbocycles. The maximum atomic E-state index is 12.8. The monoisotopic (exact) mass is 316 g/mol. The quantitative estimate of drug-likeness (QED) is 0.837. The van der Waals surface area contributed by atoms with Crippen molar-refractivity contribution in [2.75, 3.05) is 32.7 Å². The predicted molar refractivity (Wildman–Crippen MR) is 91.1 cm³/mol. The number of benzene rings is 1. The minimum absolute atomic E-state index is 0.189. The summed E-state index contributed by atoms with van der Waals surface area (Å²) in [5.74, 6) is 0.315. The number of carbonyl (C=O) groups is 1. The zero-order valence-electron chi connectivity index (χ0n) is 14.3. The molecule has 0 spiro atoms. The largest absolute Gasteiger partial charge is 0.370 e. The number of likely N-dealkylation sites (tertiary alicyclic amines) is 2. The standard InChI is InChI=1S/C19H28N2O2/c1-3-20-11-7-10-19(2,15-20)18(22)21-12-17(13-21)23-14-16-8-5-4-6-9-16/h4-6,8-9,17H,3,7,10-15H2,1-2H3. The molecule has 4 heteroatoms. The van der Waals surface area contributed by atoms with Crippen LogP contribution in [0.5, 0.6) is 0 Å². The predicted octanol–water partition coefficient (Wildman–Crippen LogP) is 2.54. The van der Waals surface area contributed by atoms with E-state index in [4.69, 9.17) is 4.74 Å². The van der Waals surface area contributed by atoms with E-state index in [1.807, 2.05) is 23.1 Å². The molecule has 1 atom stereocenters. The summed E-state index contributed by atoms with van der Waals surface area (Å²) in [4.78, 5) is 17.2. The van der Waals surface area contributed by atoms with E-state index in [1.165, 1.54) is 5.56 Å². The molecule has 0 saturated carbocycles. The Morgan fingerprint density at radius 2 is 2.04 bits per heavy atom. The van der Waals surface area contributed by atoms with E-state index in [1.54, 1.807) is 0 Å². The van der Waals surface area contributed by atoms with Crippen LogP contribution in [0.4, 0.5) is 0 Å². The number of nitrogens with zero attached hydrogens (tertiary/aromatic N) is 2. The van der Waals surface area contributed by atoms with Crippen LogP contribution in [0.3, 0.4) is 0 Å². The average molecular weight is 316 g/mol. The third-order valence-electron chi connectivity index (χ3n) is 5.20. The van der Waals surface area contributed by atoms with E-state index < -0.39 is 0 Å². The van der Waals surface area contributed by atoms with Crippen LogP contribution in [0, 0.1) is 5.41 Å². The first-order chi connectivity index (χ1) is 11.1. The van der Waals surface area contributed by atoms with Gasteiger partial charge in [-0.3, -0.25) is 4.79 Å². The Morgan fingerprint density at radius 1 is 1.30 bits per heavy atom. The summed E-state index contributed by atoms with van der Waals surface area (Å²) in [6, 6.07) is 10.2. The Balaban J connectivity index is 1.46. The van der Waals surface area contributed by atoms with Gasteiger partial charge in [0.25, 0.3) is 0 Å². The van der Waals surface area contributed by atoms with Crippen LogP contribution in [0.1, 0.15) is 32.3 Å². The van der Waals surface area contributed by atoms with Gasteiger partial charge in [0.05, 0.1) is 18.1 Å². The molecule has 1 unspecified atom stereocenters. The number of ether oxygens (including phenoxy) is 1. The van der Waals surface area contributed by atoms with Crippen LogP contribution in [-0.2, 0) is 16.1 Å². The van der Waals surface area contributed by atoms with Crippen molar-refractivity contribution in [1.82, 2.24) is 9.80 Å². The maximum absolute atomic E-state index is 12.8. The van der Waals surface area contributed by atoms with E-state index in [-0.39, 0.29) is 11.5 Å². The number of hydrogen-bond donors (Lipinski definition) is 0. The summed E-state index contributed by atoms with van der Waals surface area (Å²) in [5.41, 5.74) is 0.980. The Bertz CT molecular complexity index is 527. The Labute approximate surface area is 139 Å². The summed E-state index contributed by atoms with van der Waals surface area (Å²) in [5, 5.41) is 0. The van der Waals surface area contributed by atoms with Crippen molar-refractivity contribution < 1.29 is 9.53 Å². The molecule has 1 aromatic carbocycles. The van der Waals surface area contributed by atoms with Gasteiger partial charge in [0.2, 0.25) is 5.91 Å². The van der Waals surface area contributed by atoms with Crippen LogP contribution in [0.15, 0.2) is 30.3 Å². The lowest BCUT2D eigenvalue weighted by atomic mass is 9.79. The van der Waals surface area contributed by atoms with Gasteiger partial charge in [-0.2, -0.15) is 0 Å². The van der Waals surface area contributed by atoms with Gasteiger partial charge in [0.1, 0.15) is 0 Å². The second-order valence-electron chi connectivity index (χ2n) is 7.16. The van der Waals surface area contributed by atoms with Crippen LogP contribution < -0.4 is 0 Å². The van der Waals surface area contributed by atoms with E-state index in [0.29, 0.717) is 12.5 Å². The first-order valence-corrected chi connectivity index (χ1v) is 8.78. The second-order valence-corrected chi connectivity index (χ2v) is 7.16. The zero-order chi connectivity index (χ0) is 16.3. The second kappa shape index (κ2) is 7.02. The SMILES string of the molecule is CCN1CCCC(C)(C(=O)N2CC(OCc3ccccc3)C2)C1. The van der Waals surface area contributed by atoms with E-state index in [0.717, 1.165) is 45.6 Å². The smallest absolute Gasteiger partial charge is 0.229 e. The van der Waals surface area contributed by atoms with Crippen molar-refractivity contribution >= 4 is 5.91 Å². The van der Waals surface area contributed by atoms with Gasteiger partial charge in [-0.1, -0.05) is 37.3 Å². The molecular weight excluding hydrogens is 288 g/mol.